The number of hydrogen-bond acceptors (Lipinski definition) is 4. The highest BCUT2D eigenvalue weighted by Crippen LogP contribution is 2.21. The van der Waals surface area contributed by atoms with E-state index >= 15 is 0 Å². The Bertz CT molecular complexity index is 853. The molecule has 0 atom stereocenters. The van der Waals surface area contributed by atoms with E-state index in [4.69, 9.17) is 10.2 Å². The van der Waals surface area contributed by atoms with Gasteiger partial charge in [0.2, 0.25) is 0 Å². The number of nitrogens with zero attached hydrogens (tertiary/aromatic N) is 2. The molecule has 0 saturated carbocycles. The molecule has 3 aromatic rings. The lowest BCUT2D eigenvalue weighted by molar-refractivity contribution is 0.267. The first kappa shape index (κ1) is 16.0. The number of nitrogens with one attached hydrogen (secondary N) is 2. The van der Waals surface area contributed by atoms with E-state index in [0.29, 0.717) is 11.4 Å². The van der Waals surface area contributed by atoms with Gasteiger partial charge in [-0.1, -0.05) is 24.3 Å². The van der Waals surface area contributed by atoms with Crippen LogP contribution in [0.3, 0.4) is 0 Å². The zero-order valence-electron chi connectivity index (χ0n) is 12.9. The molecule has 8 heteroatoms. The first-order valence-electron chi connectivity index (χ1n) is 7.54. The first-order valence-corrected chi connectivity index (χ1v) is 7.54. The maximum Gasteiger partial charge on any atom is 0.267 e. The number of benzene rings is 1. The van der Waals surface area contributed by atoms with Gasteiger partial charge in [0.05, 0.1) is 37.7 Å². The average molecular weight is 330 g/mol. The van der Waals surface area contributed by atoms with Crippen molar-refractivity contribution < 1.29 is 10.2 Å². The molecule has 3 rings (SSSR count). The molecule has 126 valence electrons. The van der Waals surface area contributed by atoms with E-state index in [0.717, 1.165) is 11.1 Å². The predicted octanol–water partition coefficient (Wildman–Crippen LogP) is -0.0152. The van der Waals surface area contributed by atoms with Gasteiger partial charge in [0.1, 0.15) is 0 Å². The Balaban J connectivity index is 1.88. The lowest BCUT2D eigenvalue weighted by atomic mass is 10.1. The fraction of sp³-hybridized carbons (Fsp3) is 0.250. The van der Waals surface area contributed by atoms with Gasteiger partial charge in [0.25, 0.3) is 11.1 Å². The summed E-state index contributed by atoms with van der Waals surface area (Å²) >= 11 is 0. The number of hydrogen-bond donors (Lipinski definition) is 4. The normalized spacial score (nSPS) is 11.1. The van der Waals surface area contributed by atoms with E-state index in [2.05, 4.69) is 10.2 Å². The lowest BCUT2D eigenvalue weighted by Crippen LogP contribution is -2.17. The van der Waals surface area contributed by atoms with E-state index in [-0.39, 0.29) is 37.4 Å². The molecule has 4 N–H and O–H groups in total. The van der Waals surface area contributed by atoms with Gasteiger partial charge in [-0.05, 0) is 11.1 Å². The number of aliphatic hydroxyl groups excluding tert-OH is 2. The zero-order valence-corrected chi connectivity index (χ0v) is 12.9. The van der Waals surface area contributed by atoms with Crippen molar-refractivity contribution in [3.8, 4) is 22.5 Å². The molecule has 0 amide bonds. The molecule has 0 aliphatic carbocycles. The highest BCUT2D eigenvalue weighted by Gasteiger charge is 2.08. The van der Waals surface area contributed by atoms with Gasteiger partial charge in [-0.25, -0.2) is 0 Å². The number of aromatic amines is 2. The molecule has 0 saturated heterocycles. The molecule has 0 spiro atoms. The summed E-state index contributed by atoms with van der Waals surface area (Å²) in [4.78, 5) is 23.5. The molecular weight excluding hydrogens is 312 g/mol. The fourth-order valence-electron chi connectivity index (χ4n) is 2.53. The second kappa shape index (κ2) is 6.73. The molecule has 0 radical (unpaired) electrons. The summed E-state index contributed by atoms with van der Waals surface area (Å²) in [6.07, 6.45) is 0. The van der Waals surface area contributed by atoms with Crippen LogP contribution in [-0.4, -0.2) is 43.0 Å². The third-order valence-electron chi connectivity index (χ3n) is 3.73. The number of rotatable bonds is 6. The number of aromatic nitrogens is 4. The number of aliphatic hydroxyl groups is 2. The van der Waals surface area contributed by atoms with Crippen molar-refractivity contribution in [2.75, 3.05) is 13.2 Å². The topological polar surface area (TPSA) is 116 Å². The summed E-state index contributed by atoms with van der Waals surface area (Å²) in [5.41, 5.74) is 2.56. The van der Waals surface area contributed by atoms with Crippen molar-refractivity contribution in [2.45, 2.75) is 13.1 Å². The summed E-state index contributed by atoms with van der Waals surface area (Å²) in [6, 6.07) is 10.3. The Labute approximate surface area is 136 Å². The van der Waals surface area contributed by atoms with E-state index in [1.54, 1.807) is 0 Å². The molecule has 0 fully saturated rings. The Morgan fingerprint density at radius 1 is 0.750 bits per heavy atom. The maximum absolute atomic E-state index is 11.8. The van der Waals surface area contributed by atoms with Crippen LogP contribution in [0.1, 0.15) is 0 Å². The van der Waals surface area contributed by atoms with Crippen LogP contribution in [0.4, 0.5) is 0 Å². The minimum Gasteiger partial charge on any atom is -0.394 e. The van der Waals surface area contributed by atoms with Crippen LogP contribution in [-0.2, 0) is 13.1 Å². The van der Waals surface area contributed by atoms with Gasteiger partial charge >= 0.3 is 0 Å². The summed E-state index contributed by atoms with van der Waals surface area (Å²) in [5.74, 6) is 0. The van der Waals surface area contributed by atoms with Crippen molar-refractivity contribution in [3.05, 3.63) is 57.1 Å². The van der Waals surface area contributed by atoms with Crippen molar-refractivity contribution >= 4 is 0 Å². The van der Waals surface area contributed by atoms with Crippen LogP contribution in [0.15, 0.2) is 46.0 Å². The largest absolute Gasteiger partial charge is 0.394 e. The molecule has 0 unspecified atom stereocenters. The van der Waals surface area contributed by atoms with Crippen molar-refractivity contribution in [3.63, 3.8) is 0 Å². The van der Waals surface area contributed by atoms with Crippen LogP contribution >= 0.6 is 0 Å². The SMILES string of the molecule is O=c1cc(-c2ccc(-c3cc(=O)n(CCO)[nH]3)cc2)[nH]n1CCO. The molecule has 2 aromatic heterocycles. The highest BCUT2D eigenvalue weighted by molar-refractivity contribution is 5.66. The summed E-state index contributed by atoms with van der Waals surface area (Å²) in [6.45, 7) is 0.209. The Hall–Kier alpha value is -2.84. The van der Waals surface area contributed by atoms with E-state index in [1.165, 1.54) is 21.5 Å². The zero-order chi connectivity index (χ0) is 17.1. The van der Waals surface area contributed by atoms with Gasteiger partial charge in [-0.2, -0.15) is 0 Å². The summed E-state index contributed by atoms with van der Waals surface area (Å²) in [7, 11) is 0. The fourth-order valence-corrected chi connectivity index (χ4v) is 2.53. The molecular formula is C16H18N4O4. The summed E-state index contributed by atoms with van der Waals surface area (Å²) < 4.78 is 2.69. The molecule has 2 heterocycles. The molecule has 24 heavy (non-hydrogen) atoms. The van der Waals surface area contributed by atoms with Crippen molar-refractivity contribution in [2.24, 2.45) is 0 Å². The molecule has 0 aliphatic heterocycles. The van der Waals surface area contributed by atoms with Crippen LogP contribution in [0.2, 0.25) is 0 Å². The minimum absolute atomic E-state index is 0.114. The minimum atomic E-state index is -0.200. The number of H-pyrrole nitrogens is 2. The van der Waals surface area contributed by atoms with Crippen LogP contribution in [0, 0.1) is 0 Å². The van der Waals surface area contributed by atoms with Crippen LogP contribution in [0.5, 0.6) is 0 Å². The molecule has 0 aliphatic rings. The van der Waals surface area contributed by atoms with Gasteiger partial charge in [-0.15, -0.1) is 0 Å². The predicted molar refractivity (Wildman–Crippen MR) is 88.7 cm³/mol. The Kier molecular flexibility index (Phi) is 4.50. The summed E-state index contributed by atoms with van der Waals surface area (Å²) in [5, 5.41) is 23.7. The Morgan fingerprint density at radius 3 is 1.46 bits per heavy atom. The third-order valence-corrected chi connectivity index (χ3v) is 3.73. The Morgan fingerprint density at radius 2 is 1.12 bits per heavy atom. The van der Waals surface area contributed by atoms with Crippen molar-refractivity contribution in [1.82, 2.24) is 19.6 Å². The lowest BCUT2D eigenvalue weighted by Gasteiger charge is -2.03. The highest BCUT2D eigenvalue weighted by atomic mass is 16.3. The quantitative estimate of drug-likeness (QED) is 0.508. The van der Waals surface area contributed by atoms with E-state index in [9.17, 15) is 9.59 Å². The molecule has 1 aromatic carbocycles. The van der Waals surface area contributed by atoms with Crippen LogP contribution < -0.4 is 11.1 Å². The molecule has 0 bridgehead atoms. The van der Waals surface area contributed by atoms with Crippen molar-refractivity contribution in [1.29, 1.82) is 0 Å². The smallest absolute Gasteiger partial charge is 0.267 e. The van der Waals surface area contributed by atoms with Gasteiger partial charge in [0, 0.05) is 12.1 Å². The van der Waals surface area contributed by atoms with Gasteiger partial charge in [0.15, 0.2) is 0 Å². The standard InChI is InChI=1S/C16H18N4O4/c21-7-5-19-15(23)9-13(17-19)11-1-2-12(4-3-11)14-10-16(24)20(18-14)6-8-22/h1-4,9-10,17-18,21-22H,5-8H2. The average Bonchev–Trinajstić information content (AvgIpc) is 3.12. The van der Waals surface area contributed by atoms with Gasteiger partial charge in [-0.3, -0.25) is 29.2 Å². The first-order chi connectivity index (χ1) is 11.6. The van der Waals surface area contributed by atoms with Crippen LogP contribution in [0.25, 0.3) is 22.5 Å². The second-order valence-electron chi connectivity index (χ2n) is 5.34. The van der Waals surface area contributed by atoms with Gasteiger partial charge < -0.3 is 10.2 Å². The monoisotopic (exact) mass is 330 g/mol. The van der Waals surface area contributed by atoms with E-state index in [1.807, 2.05) is 24.3 Å². The third kappa shape index (κ3) is 3.10. The maximum atomic E-state index is 11.8. The molecule has 8 nitrogen and oxygen atoms in total. The second-order valence-corrected chi connectivity index (χ2v) is 5.34. The van der Waals surface area contributed by atoms with E-state index < -0.39 is 0 Å².